The third kappa shape index (κ3) is 4.08. The summed E-state index contributed by atoms with van der Waals surface area (Å²) in [6.07, 6.45) is 2.81. The minimum Gasteiger partial charge on any atom is -0.494 e. The molecule has 0 saturated carbocycles. The molecular weight excluding hydrogens is 320 g/mol. The van der Waals surface area contributed by atoms with Gasteiger partial charge in [-0.3, -0.25) is 0 Å². The van der Waals surface area contributed by atoms with Gasteiger partial charge in [0.25, 0.3) is 0 Å². The zero-order valence-electron chi connectivity index (χ0n) is 13.6. The molecule has 0 unspecified atom stereocenters. The standard InChI is InChI=1S/C18H20N4OS/c1-24-18-20-17(19)21-22(18)12-5-13-23-16-10-8-15(9-11-16)14-6-3-2-4-7-14/h2-4,6-11H,5,12-13H2,1H3,(H2,19,21). The Hall–Kier alpha value is -2.47. The van der Waals surface area contributed by atoms with Crippen molar-refractivity contribution in [1.82, 2.24) is 14.8 Å². The minimum absolute atomic E-state index is 0.316. The van der Waals surface area contributed by atoms with E-state index >= 15 is 0 Å². The van der Waals surface area contributed by atoms with E-state index in [4.69, 9.17) is 10.5 Å². The summed E-state index contributed by atoms with van der Waals surface area (Å²) in [5.41, 5.74) is 8.02. The first kappa shape index (κ1) is 16.4. The van der Waals surface area contributed by atoms with E-state index < -0.39 is 0 Å². The second kappa shape index (κ2) is 7.88. The van der Waals surface area contributed by atoms with Crippen LogP contribution in [0, 0.1) is 0 Å². The summed E-state index contributed by atoms with van der Waals surface area (Å²) in [7, 11) is 0. The van der Waals surface area contributed by atoms with E-state index in [2.05, 4.69) is 34.3 Å². The normalized spacial score (nSPS) is 10.7. The van der Waals surface area contributed by atoms with E-state index in [0.29, 0.717) is 12.6 Å². The molecule has 0 amide bonds. The number of nitrogens with two attached hydrogens (primary N) is 1. The Bertz CT molecular complexity index is 771. The molecular formula is C18H20N4OS. The van der Waals surface area contributed by atoms with Gasteiger partial charge in [0.2, 0.25) is 5.95 Å². The van der Waals surface area contributed by atoms with Crippen LogP contribution in [0.25, 0.3) is 11.1 Å². The Balaban J connectivity index is 1.50. The fourth-order valence-electron chi connectivity index (χ4n) is 2.42. The van der Waals surface area contributed by atoms with Gasteiger partial charge >= 0.3 is 0 Å². The quantitative estimate of drug-likeness (QED) is 0.524. The summed E-state index contributed by atoms with van der Waals surface area (Å²) in [6.45, 7) is 1.36. The summed E-state index contributed by atoms with van der Waals surface area (Å²) >= 11 is 1.54. The first-order valence-corrected chi connectivity index (χ1v) is 9.01. The number of nitrogens with zero attached hydrogens (tertiary/aromatic N) is 3. The van der Waals surface area contributed by atoms with E-state index in [0.717, 1.165) is 23.9 Å². The molecule has 0 radical (unpaired) electrons. The third-order valence-corrected chi connectivity index (χ3v) is 4.25. The largest absolute Gasteiger partial charge is 0.494 e. The van der Waals surface area contributed by atoms with Gasteiger partial charge in [0.1, 0.15) is 5.75 Å². The summed E-state index contributed by atoms with van der Waals surface area (Å²) < 4.78 is 7.62. The zero-order valence-corrected chi connectivity index (χ0v) is 14.4. The molecule has 0 aliphatic carbocycles. The predicted molar refractivity (Wildman–Crippen MR) is 98.2 cm³/mol. The van der Waals surface area contributed by atoms with Crippen LogP contribution in [0.5, 0.6) is 5.75 Å². The number of ether oxygens (including phenoxy) is 1. The zero-order chi connectivity index (χ0) is 16.8. The van der Waals surface area contributed by atoms with Crippen molar-refractivity contribution in [3.05, 3.63) is 54.6 Å². The van der Waals surface area contributed by atoms with E-state index in [9.17, 15) is 0 Å². The van der Waals surface area contributed by atoms with E-state index in [1.54, 1.807) is 0 Å². The van der Waals surface area contributed by atoms with Crippen molar-refractivity contribution in [1.29, 1.82) is 0 Å². The van der Waals surface area contributed by atoms with Gasteiger partial charge in [-0.2, -0.15) is 4.98 Å². The molecule has 5 nitrogen and oxygen atoms in total. The Labute approximate surface area is 145 Å². The number of nitrogen functional groups attached to an aromatic ring is 1. The lowest BCUT2D eigenvalue weighted by Gasteiger charge is -2.08. The molecule has 1 heterocycles. The summed E-state index contributed by atoms with van der Waals surface area (Å²) in [6, 6.07) is 18.5. The Kier molecular flexibility index (Phi) is 5.38. The van der Waals surface area contributed by atoms with Crippen molar-refractivity contribution < 1.29 is 4.74 Å². The molecule has 0 atom stereocenters. The van der Waals surface area contributed by atoms with Crippen LogP contribution in [0.4, 0.5) is 5.95 Å². The molecule has 3 rings (SSSR count). The fraction of sp³-hybridized carbons (Fsp3) is 0.222. The van der Waals surface area contributed by atoms with Crippen molar-refractivity contribution in [2.45, 2.75) is 18.1 Å². The first-order chi connectivity index (χ1) is 11.8. The maximum Gasteiger partial charge on any atom is 0.240 e. The molecule has 0 aliphatic rings. The van der Waals surface area contributed by atoms with Gasteiger partial charge in [-0.1, -0.05) is 54.2 Å². The molecule has 2 N–H and O–H groups in total. The lowest BCUT2D eigenvalue weighted by Crippen LogP contribution is -2.07. The third-order valence-electron chi connectivity index (χ3n) is 3.58. The van der Waals surface area contributed by atoms with Gasteiger partial charge in [0, 0.05) is 13.0 Å². The van der Waals surface area contributed by atoms with E-state index in [1.165, 1.54) is 22.9 Å². The molecule has 124 valence electrons. The summed E-state index contributed by atoms with van der Waals surface area (Å²) in [5, 5.41) is 5.01. The van der Waals surface area contributed by atoms with Gasteiger partial charge < -0.3 is 10.5 Å². The number of hydrogen-bond acceptors (Lipinski definition) is 5. The van der Waals surface area contributed by atoms with Gasteiger partial charge in [0.15, 0.2) is 5.16 Å². The summed E-state index contributed by atoms with van der Waals surface area (Å²) in [4.78, 5) is 4.16. The van der Waals surface area contributed by atoms with Crippen LogP contribution < -0.4 is 10.5 Å². The van der Waals surface area contributed by atoms with Crippen LogP contribution in [0.1, 0.15) is 6.42 Å². The van der Waals surface area contributed by atoms with Crippen molar-refractivity contribution in [2.24, 2.45) is 0 Å². The highest BCUT2D eigenvalue weighted by atomic mass is 32.2. The van der Waals surface area contributed by atoms with Gasteiger partial charge in [-0.15, -0.1) is 5.10 Å². The number of anilines is 1. The van der Waals surface area contributed by atoms with Gasteiger partial charge in [-0.05, 0) is 29.5 Å². The van der Waals surface area contributed by atoms with Gasteiger partial charge in [0.05, 0.1) is 6.61 Å². The average Bonchev–Trinajstić information content (AvgIpc) is 3.00. The van der Waals surface area contributed by atoms with Crippen LogP contribution in [-0.2, 0) is 6.54 Å². The van der Waals surface area contributed by atoms with Gasteiger partial charge in [-0.25, -0.2) is 4.68 Å². The average molecular weight is 340 g/mol. The van der Waals surface area contributed by atoms with Crippen LogP contribution in [-0.4, -0.2) is 27.6 Å². The minimum atomic E-state index is 0.316. The number of hydrogen-bond donors (Lipinski definition) is 1. The smallest absolute Gasteiger partial charge is 0.240 e. The number of aromatic nitrogens is 3. The number of aryl methyl sites for hydroxylation is 1. The molecule has 6 heteroatoms. The Morgan fingerprint density at radius 3 is 2.46 bits per heavy atom. The Morgan fingerprint density at radius 2 is 1.75 bits per heavy atom. The number of rotatable bonds is 7. The molecule has 2 aromatic carbocycles. The lowest BCUT2D eigenvalue weighted by molar-refractivity contribution is 0.296. The maximum atomic E-state index is 5.80. The van der Waals surface area contributed by atoms with Crippen LogP contribution in [0.3, 0.4) is 0 Å². The molecule has 0 saturated heterocycles. The fourth-order valence-corrected chi connectivity index (χ4v) is 2.95. The van der Waals surface area contributed by atoms with Crippen molar-refractivity contribution in [2.75, 3.05) is 18.6 Å². The van der Waals surface area contributed by atoms with E-state index in [-0.39, 0.29) is 0 Å². The van der Waals surface area contributed by atoms with Crippen LogP contribution in [0.15, 0.2) is 59.8 Å². The lowest BCUT2D eigenvalue weighted by atomic mass is 10.1. The van der Waals surface area contributed by atoms with Crippen LogP contribution in [0.2, 0.25) is 0 Å². The highest BCUT2D eigenvalue weighted by molar-refractivity contribution is 7.98. The summed E-state index contributed by atoms with van der Waals surface area (Å²) in [5.74, 6) is 1.19. The predicted octanol–water partition coefficient (Wildman–Crippen LogP) is 3.72. The molecule has 3 aromatic rings. The second-order valence-corrected chi connectivity index (χ2v) is 6.05. The first-order valence-electron chi connectivity index (χ1n) is 7.79. The van der Waals surface area contributed by atoms with E-state index in [1.807, 2.05) is 41.3 Å². The maximum absolute atomic E-state index is 5.80. The molecule has 0 fully saturated rings. The monoisotopic (exact) mass is 340 g/mol. The molecule has 0 bridgehead atoms. The number of benzene rings is 2. The highest BCUT2D eigenvalue weighted by Gasteiger charge is 2.06. The highest BCUT2D eigenvalue weighted by Crippen LogP contribution is 2.22. The topological polar surface area (TPSA) is 66.0 Å². The van der Waals surface area contributed by atoms with Crippen molar-refractivity contribution in [3.8, 4) is 16.9 Å². The molecule has 0 aliphatic heterocycles. The molecule has 0 spiro atoms. The second-order valence-electron chi connectivity index (χ2n) is 5.27. The number of thioether (sulfide) groups is 1. The van der Waals surface area contributed by atoms with Crippen LogP contribution >= 0.6 is 11.8 Å². The molecule has 24 heavy (non-hydrogen) atoms. The van der Waals surface area contributed by atoms with Crippen molar-refractivity contribution in [3.63, 3.8) is 0 Å². The SMILES string of the molecule is CSc1nc(N)nn1CCCOc1ccc(-c2ccccc2)cc1. The van der Waals surface area contributed by atoms with Crippen molar-refractivity contribution >= 4 is 17.7 Å². The molecule has 1 aromatic heterocycles. The Morgan fingerprint density at radius 1 is 1.04 bits per heavy atom.